The molecule has 1 atom stereocenters. The van der Waals surface area contributed by atoms with Crippen LogP contribution in [0.1, 0.15) is 70.1 Å². The maximum Gasteiger partial charge on any atom is 0.142 e. The average Bonchev–Trinajstić information content (AvgIpc) is 2.81. The predicted molar refractivity (Wildman–Crippen MR) is 97.3 cm³/mol. The van der Waals surface area contributed by atoms with E-state index >= 15 is 0 Å². The molecule has 0 saturated heterocycles. The van der Waals surface area contributed by atoms with Gasteiger partial charge in [0, 0.05) is 10.2 Å². The minimum Gasteiger partial charge on any atom is -0.342 e. The van der Waals surface area contributed by atoms with Gasteiger partial charge in [-0.05, 0) is 48.0 Å². The Labute approximate surface area is 142 Å². The molecule has 0 aliphatic heterocycles. The zero-order valence-corrected chi connectivity index (χ0v) is 15.9. The molecule has 2 aromatic heterocycles. The van der Waals surface area contributed by atoms with Crippen LogP contribution in [0, 0.1) is 12.8 Å². The second kappa shape index (κ2) is 8.09. The van der Waals surface area contributed by atoms with Crippen molar-refractivity contribution in [1.29, 1.82) is 0 Å². The molecule has 0 spiro atoms. The van der Waals surface area contributed by atoms with Gasteiger partial charge in [-0.3, -0.25) is 0 Å². The van der Waals surface area contributed by atoms with Crippen molar-refractivity contribution in [3.63, 3.8) is 0 Å². The van der Waals surface area contributed by atoms with E-state index in [1.807, 2.05) is 6.92 Å². The molecule has 0 radical (unpaired) electrons. The van der Waals surface area contributed by atoms with Crippen molar-refractivity contribution in [3.8, 4) is 0 Å². The van der Waals surface area contributed by atoms with Gasteiger partial charge >= 0.3 is 0 Å². The van der Waals surface area contributed by atoms with Crippen LogP contribution >= 0.6 is 15.9 Å². The minimum absolute atomic E-state index is 0.764. The summed E-state index contributed by atoms with van der Waals surface area (Å²) in [6.45, 7) is 8.77. The van der Waals surface area contributed by atoms with Crippen molar-refractivity contribution in [1.82, 2.24) is 15.0 Å². The molecular weight excluding hydrogens is 338 g/mol. The largest absolute Gasteiger partial charge is 0.342 e. The fourth-order valence-corrected chi connectivity index (χ4v) is 3.79. The van der Waals surface area contributed by atoms with E-state index < -0.39 is 0 Å². The topological polar surface area (TPSA) is 41.6 Å². The SMILES string of the molecule is CCCCCC(C)CCc1nc(C)nc2[nH]c(CC)c(Br)c12. The Morgan fingerprint density at radius 2 is 1.91 bits per heavy atom. The van der Waals surface area contributed by atoms with Gasteiger partial charge in [0.15, 0.2) is 0 Å². The van der Waals surface area contributed by atoms with Crippen molar-refractivity contribution >= 4 is 27.0 Å². The summed E-state index contributed by atoms with van der Waals surface area (Å²) in [4.78, 5) is 12.7. The lowest BCUT2D eigenvalue weighted by Gasteiger charge is -2.11. The lowest BCUT2D eigenvalue weighted by atomic mass is 9.97. The molecule has 2 aromatic rings. The standard InChI is InChI=1S/C18H28BrN3/c1-5-7-8-9-12(3)10-11-15-16-17(19)14(6-2)22-18(16)21-13(4)20-15/h12H,5-11H2,1-4H3,(H,20,21,22). The van der Waals surface area contributed by atoms with E-state index in [1.165, 1.54) is 48.9 Å². The third-order valence-corrected chi connectivity index (χ3v) is 5.25. The summed E-state index contributed by atoms with van der Waals surface area (Å²) >= 11 is 3.73. The average molecular weight is 366 g/mol. The number of unbranched alkanes of at least 4 members (excludes halogenated alkanes) is 2. The molecule has 0 fully saturated rings. The fourth-order valence-electron chi connectivity index (χ4n) is 3.00. The Morgan fingerprint density at radius 3 is 2.59 bits per heavy atom. The van der Waals surface area contributed by atoms with Crippen molar-refractivity contribution in [2.75, 3.05) is 0 Å². The molecular formula is C18H28BrN3. The number of halogens is 1. The Morgan fingerprint density at radius 1 is 1.14 bits per heavy atom. The van der Waals surface area contributed by atoms with Crippen LogP contribution < -0.4 is 0 Å². The molecule has 22 heavy (non-hydrogen) atoms. The van der Waals surface area contributed by atoms with Crippen LogP contribution in [0.4, 0.5) is 0 Å². The van der Waals surface area contributed by atoms with Gasteiger partial charge in [0.1, 0.15) is 11.5 Å². The van der Waals surface area contributed by atoms with Crippen molar-refractivity contribution in [2.45, 2.75) is 72.6 Å². The van der Waals surface area contributed by atoms with Crippen molar-refractivity contribution in [2.24, 2.45) is 5.92 Å². The number of fused-ring (bicyclic) bond motifs is 1. The Balaban J connectivity index is 2.14. The first-order valence-corrected chi connectivity index (χ1v) is 9.39. The first-order valence-electron chi connectivity index (χ1n) is 8.60. The van der Waals surface area contributed by atoms with Gasteiger partial charge in [-0.15, -0.1) is 0 Å². The molecule has 4 heteroatoms. The number of aromatic nitrogens is 3. The highest BCUT2D eigenvalue weighted by Crippen LogP contribution is 2.30. The molecule has 0 aliphatic rings. The number of rotatable bonds is 8. The highest BCUT2D eigenvalue weighted by Gasteiger charge is 2.15. The summed E-state index contributed by atoms with van der Waals surface area (Å²) < 4.78 is 1.15. The molecule has 0 bridgehead atoms. The van der Waals surface area contributed by atoms with Gasteiger partial charge in [-0.2, -0.15) is 0 Å². The zero-order valence-electron chi connectivity index (χ0n) is 14.3. The summed E-state index contributed by atoms with van der Waals surface area (Å²) in [6.07, 6.45) is 8.54. The quantitative estimate of drug-likeness (QED) is 0.605. The lowest BCUT2D eigenvalue weighted by Crippen LogP contribution is -2.02. The highest BCUT2D eigenvalue weighted by molar-refractivity contribution is 9.10. The van der Waals surface area contributed by atoms with Crippen molar-refractivity contribution < 1.29 is 0 Å². The van der Waals surface area contributed by atoms with Crippen molar-refractivity contribution in [3.05, 3.63) is 21.7 Å². The van der Waals surface area contributed by atoms with Crippen LogP contribution in [-0.4, -0.2) is 15.0 Å². The van der Waals surface area contributed by atoms with Gasteiger partial charge < -0.3 is 4.98 Å². The highest BCUT2D eigenvalue weighted by atomic mass is 79.9. The lowest BCUT2D eigenvalue weighted by molar-refractivity contribution is 0.462. The molecule has 122 valence electrons. The maximum absolute atomic E-state index is 4.72. The number of aromatic amines is 1. The second-order valence-corrected chi connectivity index (χ2v) is 7.14. The monoisotopic (exact) mass is 365 g/mol. The summed E-state index contributed by atoms with van der Waals surface area (Å²) in [7, 11) is 0. The van der Waals surface area contributed by atoms with E-state index in [-0.39, 0.29) is 0 Å². The zero-order chi connectivity index (χ0) is 16.1. The molecule has 2 rings (SSSR count). The summed E-state index contributed by atoms with van der Waals surface area (Å²) in [5.41, 5.74) is 3.38. The molecule has 2 heterocycles. The van der Waals surface area contributed by atoms with E-state index in [2.05, 4.69) is 46.7 Å². The molecule has 0 aliphatic carbocycles. The molecule has 1 unspecified atom stereocenters. The summed E-state index contributed by atoms with van der Waals surface area (Å²) in [5.74, 6) is 1.62. The number of hydrogen-bond donors (Lipinski definition) is 1. The van der Waals surface area contributed by atoms with Gasteiger partial charge in [0.05, 0.1) is 11.1 Å². The summed E-state index contributed by atoms with van der Waals surface area (Å²) in [5, 5.41) is 1.18. The molecule has 0 amide bonds. The smallest absolute Gasteiger partial charge is 0.142 e. The number of H-pyrrole nitrogens is 1. The maximum atomic E-state index is 4.72. The number of nitrogens with one attached hydrogen (secondary N) is 1. The fraction of sp³-hybridized carbons (Fsp3) is 0.667. The van der Waals surface area contributed by atoms with Crippen LogP contribution in [0.25, 0.3) is 11.0 Å². The first-order chi connectivity index (χ1) is 10.6. The van der Waals surface area contributed by atoms with Gasteiger partial charge in [0.2, 0.25) is 0 Å². The van der Waals surface area contributed by atoms with Crippen LogP contribution in [0.2, 0.25) is 0 Å². The predicted octanol–water partition coefficient (Wildman–Crippen LogP) is 5.74. The Bertz CT molecular complexity index is 618. The molecule has 0 saturated carbocycles. The molecule has 1 N–H and O–H groups in total. The van der Waals surface area contributed by atoms with Crippen LogP contribution in [0.5, 0.6) is 0 Å². The van der Waals surface area contributed by atoms with Crippen LogP contribution in [0.3, 0.4) is 0 Å². The third kappa shape index (κ3) is 4.09. The number of hydrogen-bond acceptors (Lipinski definition) is 2. The first kappa shape index (κ1) is 17.5. The van der Waals surface area contributed by atoms with E-state index in [1.54, 1.807) is 0 Å². The van der Waals surface area contributed by atoms with E-state index in [9.17, 15) is 0 Å². The van der Waals surface area contributed by atoms with E-state index in [4.69, 9.17) is 4.98 Å². The summed E-state index contributed by atoms with van der Waals surface area (Å²) in [6, 6.07) is 0. The van der Waals surface area contributed by atoms with Gasteiger partial charge in [-0.25, -0.2) is 9.97 Å². The van der Waals surface area contributed by atoms with Gasteiger partial charge in [0.25, 0.3) is 0 Å². The Hall–Kier alpha value is -0.900. The third-order valence-electron chi connectivity index (χ3n) is 4.38. The molecule has 3 nitrogen and oxygen atoms in total. The normalized spacial score (nSPS) is 13.0. The number of aryl methyl sites for hydroxylation is 3. The Kier molecular flexibility index (Phi) is 6.42. The van der Waals surface area contributed by atoms with Crippen LogP contribution in [-0.2, 0) is 12.8 Å². The van der Waals surface area contributed by atoms with E-state index in [0.717, 1.165) is 34.7 Å². The number of nitrogens with zero attached hydrogens (tertiary/aromatic N) is 2. The van der Waals surface area contributed by atoms with Crippen LogP contribution in [0.15, 0.2) is 4.47 Å². The minimum atomic E-state index is 0.764. The van der Waals surface area contributed by atoms with E-state index in [0.29, 0.717) is 0 Å². The second-order valence-electron chi connectivity index (χ2n) is 6.35. The van der Waals surface area contributed by atoms with Gasteiger partial charge in [-0.1, -0.05) is 46.5 Å². The molecule has 0 aromatic carbocycles.